The summed E-state index contributed by atoms with van der Waals surface area (Å²) in [7, 11) is 0. The predicted molar refractivity (Wildman–Crippen MR) is 68.2 cm³/mol. The molecule has 0 saturated carbocycles. The predicted octanol–water partition coefficient (Wildman–Crippen LogP) is 0.880. The Bertz CT molecular complexity index is 461. The van der Waals surface area contributed by atoms with Crippen molar-refractivity contribution in [3.63, 3.8) is 0 Å². The number of hydrogen-bond acceptors (Lipinski definition) is 7. The fraction of sp³-hybridized carbons (Fsp3) is 0.600. The smallest absolute Gasteiger partial charge is 0.353 e. The summed E-state index contributed by atoms with van der Waals surface area (Å²) in [5, 5.41) is 22.7. The summed E-state index contributed by atoms with van der Waals surface area (Å²) in [5.41, 5.74) is -0.483. The summed E-state index contributed by atoms with van der Waals surface area (Å²) >= 11 is 0. The van der Waals surface area contributed by atoms with E-state index in [1.165, 1.54) is 0 Å². The standard InChI is InChI=1S/C10H15F2N5O3/c1-2-13-9-8(17(19)20)10(15-6-14-9)16(3-4-18)5-7(11)12/h6-7,18H,2-5H2,1H3,(H,13,14,15). The van der Waals surface area contributed by atoms with Crippen molar-refractivity contribution in [2.75, 3.05) is 36.5 Å². The van der Waals surface area contributed by atoms with Gasteiger partial charge in [0.1, 0.15) is 6.33 Å². The fourth-order valence-corrected chi connectivity index (χ4v) is 1.64. The Balaban J connectivity index is 3.24. The molecule has 1 heterocycles. The molecular formula is C10H15F2N5O3. The lowest BCUT2D eigenvalue weighted by atomic mass is 10.3. The van der Waals surface area contributed by atoms with Gasteiger partial charge >= 0.3 is 5.69 Å². The van der Waals surface area contributed by atoms with Crippen molar-refractivity contribution in [2.45, 2.75) is 13.3 Å². The number of aliphatic hydroxyl groups excluding tert-OH is 1. The largest absolute Gasteiger partial charge is 0.395 e. The first-order valence-corrected chi connectivity index (χ1v) is 5.88. The second-order valence-electron chi connectivity index (χ2n) is 3.74. The minimum Gasteiger partial charge on any atom is -0.395 e. The Kier molecular flexibility index (Phi) is 5.97. The monoisotopic (exact) mass is 291 g/mol. The molecule has 0 aliphatic rings. The van der Waals surface area contributed by atoms with Crippen LogP contribution in [-0.4, -0.2) is 52.7 Å². The maximum Gasteiger partial charge on any atom is 0.353 e. The van der Waals surface area contributed by atoms with Gasteiger partial charge in [0.15, 0.2) is 0 Å². The van der Waals surface area contributed by atoms with Crippen LogP contribution >= 0.6 is 0 Å². The third-order valence-electron chi connectivity index (χ3n) is 2.36. The third-order valence-corrected chi connectivity index (χ3v) is 2.36. The van der Waals surface area contributed by atoms with Gasteiger partial charge in [-0.3, -0.25) is 10.1 Å². The van der Waals surface area contributed by atoms with Crippen LogP contribution in [0.25, 0.3) is 0 Å². The minimum absolute atomic E-state index is 0.0419. The molecule has 0 saturated heterocycles. The first kappa shape index (κ1) is 16.0. The van der Waals surface area contributed by atoms with Gasteiger partial charge in [0.2, 0.25) is 11.6 Å². The van der Waals surface area contributed by atoms with Gasteiger partial charge in [-0.05, 0) is 6.92 Å². The van der Waals surface area contributed by atoms with Crippen LogP contribution in [0.4, 0.5) is 26.1 Å². The molecule has 1 aromatic heterocycles. The maximum absolute atomic E-state index is 12.5. The molecule has 2 N–H and O–H groups in total. The molecule has 0 aliphatic heterocycles. The number of nitrogens with zero attached hydrogens (tertiary/aromatic N) is 4. The number of aromatic nitrogens is 2. The zero-order valence-corrected chi connectivity index (χ0v) is 10.8. The zero-order valence-electron chi connectivity index (χ0n) is 10.8. The lowest BCUT2D eigenvalue weighted by molar-refractivity contribution is -0.383. The van der Waals surface area contributed by atoms with Gasteiger partial charge in [0.25, 0.3) is 6.43 Å². The summed E-state index contributed by atoms with van der Waals surface area (Å²) in [4.78, 5) is 18.8. The molecule has 10 heteroatoms. The fourth-order valence-electron chi connectivity index (χ4n) is 1.64. The highest BCUT2D eigenvalue weighted by molar-refractivity contribution is 5.70. The van der Waals surface area contributed by atoms with Gasteiger partial charge in [0, 0.05) is 13.1 Å². The Morgan fingerprint density at radius 1 is 1.55 bits per heavy atom. The Morgan fingerprint density at radius 3 is 2.75 bits per heavy atom. The zero-order chi connectivity index (χ0) is 15.1. The lowest BCUT2D eigenvalue weighted by Gasteiger charge is -2.22. The lowest BCUT2D eigenvalue weighted by Crippen LogP contribution is -2.33. The van der Waals surface area contributed by atoms with Gasteiger partial charge < -0.3 is 15.3 Å². The molecule has 1 rings (SSSR count). The first-order chi connectivity index (χ1) is 9.51. The van der Waals surface area contributed by atoms with Gasteiger partial charge in [-0.15, -0.1) is 0 Å². The van der Waals surface area contributed by atoms with E-state index in [0.717, 1.165) is 11.2 Å². The second-order valence-corrected chi connectivity index (χ2v) is 3.74. The van der Waals surface area contributed by atoms with Crippen LogP contribution in [0.3, 0.4) is 0 Å². The van der Waals surface area contributed by atoms with E-state index in [9.17, 15) is 18.9 Å². The third kappa shape index (κ3) is 3.95. The number of nitrogens with one attached hydrogen (secondary N) is 1. The van der Waals surface area contributed by atoms with Crippen molar-refractivity contribution in [1.29, 1.82) is 0 Å². The molecule has 20 heavy (non-hydrogen) atoms. The summed E-state index contributed by atoms with van der Waals surface area (Å²) < 4.78 is 25.0. The molecule has 112 valence electrons. The molecule has 0 aromatic carbocycles. The van der Waals surface area contributed by atoms with Crippen molar-refractivity contribution in [1.82, 2.24) is 9.97 Å². The quantitative estimate of drug-likeness (QED) is 0.541. The van der Waals surface area contributed by atoms with E-state index in [4.69, 9.17) is 5.11 Å². The molecule has 0 unspecified atom stereocenters. The first-order valence-electron chi connectivity index (χ1n) is 5.88. The number of hydrogen-bond donors (Lipinski definition) is 2. The van der Waals surface area contributed by atoms with E-state index in [2.05, 4.69) is 15.3 Å². The Morgan fingerprint density at radius 2 is 2.25 bits per heavy atom. The van der Waals surface area contributed by atoms with E-state index in [0.29, 0.717) is 6.54 Å². The summed E-state index contributed by atoms with van der Waals surface area (Å²) in [5.74, 6) is -0.282. The number of nitro groups is 1. The maximum atomic E-state index is 12.5. The molecule has 0 spiro atoms. The highest BCUT2D eigenvalue weighted by Crippen LogP contribution is 2.31. The second kappa shape index (κ2) is 7.48. The topological polar surface area (TPSA) is 104 Å². The molecule has 0 fully saturated rings. The molecule has 0 amide bonds. The van der Waals surface area contributed by atoms with Crippen LogP contribution in [0.15, 0.2) is 6.33 Å². The number of aliphatic hydroxyl groups is 1. The molecule has 0 atom stereocenters. The number of halogens is 2. The molecule has 0 aliphatic carbocycles. The normalized spacial score (nSPS) is 10.7. The van der Waals surface area contributed by atoms with Crippen molar-refractivity contribution in [3.05, 3.63) is 16.4 Å². The number of alkyl halides is 2. The van der Waals surface area contributed by atoms with E-state index in [-0.39, 0.29) is 18.2 Å². The SMILES string of the molecule is CCNc1ncnc(N(CCO)CC(F)F)c1[N+](=O)[O-]. The van der Waals surface area contributed by atoms with Crippen LogP contribution in [0.1, 0.15) is 6.92 Å². The number of rotatable bonds is 8. The molecule has 0 radical (unpaired) electrons. The summed E-state index contributed by atoms with van der Waals surface area (Å²) in [6, 6.07) is 0. The van der Waals surface area contributed by atoms with E-state index in [1.807, 2.05) is 0 Å². The van der Waals surface area contributed by atoms with E-state index < -0.39 is 30.2 Å². The average molecular weight is 291 g/mol. The van der Waals surface area contributed by atoms with E-state index >= 15 is 0 Å². The van der Waals surface area contributed by atoms with Gasteiger partial charge in [-0.1, -0.05) is 0 Å². The van der Waals surface area contributed by atoms with Crippen LogP contribution < -0.4 is 10.2 Å². The van der Waals surface area contributed by atoms with E-state index in [1.54, 1.807) is 6.92 Å². The van der Waals surface area contributed by atoms with Gasteiger partial charge in [-0.2, -0.15) is 0 Å². The summed E-state index contributed by atoms with van der Waals surface area (Å²) in [6.07, 6.45) is -1.66. The van der Waals surface area contributed by atoms with Gasteiger partial charge in [-0.25, -0.2) is 18.7 Å². The van der Waals surface area contributed by atoms with Crippen molar-refractivity contribution in [2.24, 2.45) is 0 Å². The van der Waals surface area contributed by atoms with Crippen LogP contribution in [0, 0.1) is 10.1 Å². The van der Waals surface area contributed by atoms with Crippen molar-refractivity contribution >= 4 is 17.3 Å². The highest BCUT2D eigenvalue weighted by atomic mass is 19.3. The molecule has 0 bridgehead atoms. The molecule has 1 aromatic rings. The van der Waals surface area contributed by atoms with Crippen LogP contribution in [-0.2, 0) is 0 Å². The summed E-state index contributed by atoms with van der Waals surface area (Å²) in [6.45, 7) is 0.727. The minimum atomic E-state index is -2.71. The van der Waals surface area contributed by atoms with Crippen molar-refractivity contribution < 1.29 is 18.8 Å². The highest BCUT2D eigenvalue weighted by Gasteiger charge is 2.27. The van der Waals surface area contributed by atoms with Gasteiger partial charge in [0.05, 0.1) is 18.1 Å². The van der Waals surface area contributed by atoms with Crippen LogP contribution in [0.5, 0.6) is 0 Å². The average Bonchev–Trinajstić information content (AvgIpc) is 2.37. The Labute approximate surface area is 113 Å². The van der Waals surface area contributed by atoms with Crippen molar-refractivity contribution in [3.8, 4) is 0 Å². The number of anilines is 2. The van der Waals surface area contributed by atoms with Crippen LogP contribution in [0.2, 0.25) is 0 Å². The molecule has 8 nitrogen and oxygen atoms in total. The molecular weight excluding hydrogens is 276 g/mol. The Hall–Kier alpha value is -2.10.